The van der Waals surface area contributed by atoms with E-state index in [1.807, 2.05) is 13.8 Å². The Labute approximate surface area is 108 Å². The van der Waals surface area contributed by atoms with E-state index in [-0.39, 0.29) is 0 Å². The SMILES string of the molecule is COc1ccc(N)c(-n2nc(C)c(Br)c2C)n1. The molecule has 0 radical (unpaired) electrons. The summed E-state index contributed by atoms with van der Waals surface area (Å²) in [4.78, 5) is 4.31. The quantitative estimate of drug-likeness (QED) is 0.923. The van der Waals surface area contributed by atoms with Crippen LogP contribution in [0.1, 0.15) is 11.4 Å². The molecular weight excluding hydrogens is 284 g/mol. The summed E-state index contributed by atoms with van der Waals surface area (Å²) in [6.45, 7) is 3.87. The third kappa shape index (κ3) is 2.00. The number of nitrogens with two attached hydrogens (primary N) is 1. The van der Waals surface area contributed by atoms with Gasteiger partial charge in [0.05, 0.1) is 28.7 Å². The minimum absolute atomic E-state index is 0.512. The summed E-state index contributed by atoms with van der Waals surface area (Å²) in [7, 11) is 1.57. The number of rotatable bonds is 2. The number of anilines is 1. The molecule has 2 N–H and O–H groups in total. The van der Waals surface area contributed by atoms with E-state index < -0.39 is 0 Å². The van der Waals surface area contributed by atoms with E-state index in [9.17, 15) is 0 Å². The first kappa shape index (κ1) is 11.9. The minimum atomic E-state index is 0.512. The second-order valence-corrected chi connectivity index (χ2v) is 4.46. The standard InChI is InChI=1S/C11H13BrN4O/c1-6-10(12)7(2)16(15-6)11-8(13)4-5-9(14-11)17-3/h4-5H,13H2,1-3H3. The van der Waals surface area contributed by atoms with E-state index in [4.69, 9.17) is 10.5 Å². The third-order valence-corrected chi connectivity index (χ3v) is 3.64. The van der Waals surface area contributed by atoms with Crippen LogP contribution in [0.25, 0.3) is 5.82 Å². The molecule has 0 atom stereocenters. The van der Waals surface area contributed by atoms with Crippen molar-refractivity contribution in [2.24, 2.45) is 0 Å². The summed E-state index contributed by atoms with van der Waals surface area (Å²) in [5.74, 6) is 1.09. The fraction of sp³-hybridized carbons (Fsp3) is 0.273. The smallest absolute Gasteiger partial charge is 0.215 e. The minimum Gasteiger partial charge on any atom is -0.481 e. The first-order valence-electron chi connectivity index (χ1n) is 5.07. The van der Waals surface area contributed by atoms with Crippen molar-refractivity contribution in [3.63, 3.8) is 0 Å². The van der Waals surface area contributed by atoms with Crippen LogP contribution in [0, 0.1) is 13.8 Å². The zero-order valence-electron chi connectivity index (χ0n) is 9.86. The third-order valence-electron chi connectivity index (χ3n) is 2.49. The highest BCUT2D eigenvalue weighted by Crippen LogP contribution is 2.25. The normalized spacial score (nSPS) is 10.6. The Balaban J connectivity index is 2.63. The summed E-state index contributed by atoms with van der Waals surface area (Å²) in [6.07, 6.45) is 0. The van der Waals surface area contributed by atoms with E-state index in [1.165, 1.54) is 0 Å². The molecule has 0 spiro atoms. The fourth-order valence-electron chi connectivity index (χ4n) is 1.56. The molecule has 2 rings (SSSR count). The van der Waals surface area contributed by atoms with Crippen LogP contribution in [0.15, 0.2) is 16.6 Å². The largest absolute Gasteiger partial charge is 0.481 e. The maximum Gasteiger partial charge on any atom is 0.215 e. The first-order valence-corrected chi connectivity index (χ1v) is 5.86. The van der Waals surface area contributed by atoms with E-state index in [0.717, 1.165) is 15.9 Å². The van der Waals surface area contributed by atoms with Gasteiger partial charge in [0.1, 0.15) is 0 Å². The Bertz CT molecular complexity index is 565. The number of pyridine rings is 1. The molecule has 0 unspecified atom stereocenters. The lowest BCUT2D eigenvalue weighted by molar-refractivity contribution is 0.397. The van der Waals surface area contributed by atoms with Gasteiger partial charge in [-0.1, -0.05) is 0 Å². The van der Waals surface area contributed by atoms with Crippen LogP contribution in [0.2, 0.25) is 0 Å². The van der Waals surface area contributed by atoms with E-state index in [1.54, 1.807) is 23.9 Å². The van der Waals surface area contributed by atoms with Gasteiger partial charge in [-0.25, -0.2) is 4.68 Å². The summed E-state index contributed by atoms with van der Waals surface area (Å²) >= 11 is 3.47. The number of aryl methyl sites for hydroxylation is 1. The van der Waals surface area contributed by atoms with Crippen molar-refractivity contribution in [2.45, 2.75) is 13.8 Å². The van der Waals surface area contributed by atoms with Crippen molar-refractivity contribution in [1.29, 1.82) is 0 Å². The molecular formula is C11H13BrN4O. The number of hydrogen-bond acceptors (Lipinski definition) is 4. The van der Waals surface area contributed by atoms with E-state index in [0.29, 0.717) is 17.4 Å². The van der Waals surface area contributed by atoms with Gasteiger partial charge in [0.15, 0.2) is 5.82 Å². The van der Waals surface area contributed by atoms with Crippen molar-refractivity contribution in [3.05, 3.63) is 28.0 Å². The molecule has 0 bridgehead atoms. The van der Waals surface area contributed by atoms with Crippen LogP contribution in [-0.4, -0.2) is 21.9 Å². The van der Waals surface area contributed by atoms with E-state index in [2.05, 4.69) is 26.0 Å². The predicted molar refractivity (Wildman–Crippen MR) is 69.5 cm³/mol. The number of methoxy groups -OCH3 is 1. The van der Waals surface area contributed by atoms with Gasteiger partial charge < -0.3 is 10.5 Å². The lowest BCUT2D eigenvalue weighted by Crippen LogP contribution is -2.07. The maximum atomic E-state index is 5.91. The van der Waals surface area contributed by atoms with Gasteiger partial charge in [-0.3, -0.25) is 0 Å². The zero-order chi connectivity index (χ0) is 12.6. The molecule has 0 saturated heterocycles. The Kier molecular flexibility index (Phi) is 3.06. The van der Waals surface area contributed by atoms with Crippen molar-refractivity contribution >= 4 is 21.6 Å². The second kappa shape index (κ2) is 4.37. The molecule has 90 valence electrons. The molecule has 5 nitrogen and oxygen atoms in total. The van der Waals surface area contributed by atoms with Gasteiger partial charge in [0.2, 0.25) is 5.88 Å². The highest BCUT2D eigenvalue weighted by Gasteiger charge is 2.14. The molecule has 0 fully saturated rings. The van der Waals surface area contributed by atoms with Crippen molar-refractivity contribution in [3.8, 4) is 11.7 Å². The van der Waals surface area contributed by atoms with Crippen molar-refractivity contribution in [1.82, 2.24) is 14.8 Å². The van der Waals surface area contributed by atoms with Crippen LogP contribution in [0.3, 0.4) is 0 Å². The lowest BCUT2D eigenvalue weighted by atomic mass is 10.3. The van der Waals surface area contributed by atoms with Gasteiger partial charge in [-0.15, -0.1) is 0 Å². The number of nitrogen functional groups attached to an aromatic ring is 1. The lowest BCUT2D eigenvalue weighted by Gasteiger charge is -2.08. The monoisotopic (exact) mass is 296 g/mol. The van der Waals surface area contributed by atoms with Crippen molar-refractivity contribution in [2.75, 3.05) is 12.8 Å². The number of nitrogens with zero attached hydrogens (tertiary/aromatic N) is 3. The van der Waals surface area contributed by atoms with Gasteiger partial charge in [0.25, 0.3) is 0 Å². The average molecular weight is 297 g/mol. The maximum absolute atomic E-state index is 5.91. The predicted octanol–water partition coefficient (Wildman–Crippen LogP) is 2.24. The van der Waals surface area contributed by atoms with Gasteiger partial charge in [-0.2, -0.15) is 10.1 Å². The summed E-state index contributed by atoms with van der Waals surface area (Å²) in [6, 6.07) is 3.48. The molecule has 0 amide bonds. The molecule has 0 aromatic carbocycles. The van der Waals surface area contributed by atoms with Crippen LogP contribution >= 0.6 is 15.9 Å². The number of aromatic nitrogens is 3. The molecule has 0 aliphatic carbocycles. The van der Waals surface area contributed by atoms with Gasteiger partial charge in [0, 0.05) is 6.07 Å². The number of halogens is 1. The Hall–Kier alpha value is -1.56. The summed E-state index contributed by atoms with van der Waals surface area (Å²) in [5.41, 5.74) is 8.32. The molecule has 0 aliphatic rings. The molecule has 17 heavy (non-hydrogen) atoms. The molecule has 2 aromatic rings. The average Bonchev–Trinajstić information content (AvgIpc) is 2.58. The zero-order valence-corrected chi connectivity index (χ0v) is 11.4. The van der Waals surface area contributed by atoms with Crippen LogP contribution in [0.5, 0.6) is 5.88 Å². The number of ether oxygens (including phenoxy) is 1. The van der Waals surface area contributed by atoms with Crippen LogP contribution < -0.4 is 10.5 Å². The Morgan fingerprint density at radius 1 is 1.35 bits per heavy atom. The molecule has 6 heteroatoms. The topological polar surface area (TPSA) is 66.0 Å². The Morgan fingerprint density at radius 2 is 2.06 bits per heavy atom. The van der Waals surface area contributed by atoms with Gasteiger partial charge >= 0.3 is 0 Å². The fourth-order valence-corrected chi connectivity index (χ4v) is 1.80. The Morgan fingerprint density at radius 3 is 2.59 bits per heavy atom. The molecule has 0 aliphatic heterocycles. The van der Waals surface area contributed by atoms with Gasteiger partial charge in [-0.05, 0) is 35.8 Å². The van der Waals surface area contributed by atoms with Crippen molar-refractivity contribution < 1.29 is 4.74 Å². The second-order valence-electron chi connectivity index (χ2n) is 3.66. The molecule has 0 saturated carbocycles. The van der Waals surface area contributed by atoms with Crippen LogP contribution in [0.4, 0.5) is 5.69 Å². The highest BCUT2D eigenvalue weighted by atomic mass is 79.9. The number of hydrogen-bond donors (Lipinski definition) is 1. The van der Waals surface area contributed by atoms with E-state index >= 15 is 0 Å². The first-order chi connectivity index (χ1) is 8.04. The summed E-state index contributed by atoms with van der Waals surface area (Å²) in [5, 5.41) is 4.39. The molecule has 2 heterocycles. The van der Waals surface area contributed by atoms with Crippen LogP contribution in [-0.2, 0) is 0 Å². The molecule has 2 aromatic heterocycles. The highest BCUT2D eigenvalue weighted by molar-refractivity contribution is 9.10. The summed E-state index contributed by atoms with van der Waals surface area (Å²) < 4.78 is 7.75.